The number of rotatable bonds is 1. The Labute approximate surface area is 83.5 Å². The van der Waals surface area contributed by atoms with Gasteiger partial charge in [0.25, 0.3) is 0 Å². The van der Waals surface area contributed by atoms with Crippen LogP contribution in [0.5, 0.6) is 0 Å². The first-order valence-electron chi connectivity index (χ1n) is 2.66. The van der Waals surface area contributed by atoms with Crippen LogP contribution in [0.25, 0.3) is 0 Å². The van der Waals surface area contributed by atoms with Crippen molar-refractivity contribution < 1.29 is 14.5 Å². The number of nitrogens with zero attached hydrogens (tertiary/aromatic N) is 1. The fourth-order valence-electron chi connectivity index (χ4n) is 0.544. The SMILES string of the molecule is O=C1OC(=C(Br)[N+](=O)[O-])C=C1Br. The number of hydrogen-bond acceptors (Lipinski definition) is 4. The van der Waals surface area contributed by atoms with Gasteiger partial charge in [-0.1, -0.05) is 0 Å². The number of carbonyl (C=O) groups excluding carboxylic acids is 1. The Morgan fingerprint density at radius 2 is 2.25 bits per heavy atom. The molecule has 0 bridgehead atoms. The van der Waals surface area contributed by atoms with Crippen molar-refractivity contribution in [1.29, 1.82) is 0 Å². The molecule has 0 aromatic heterocycles. The summed E-state index contributed by atoms with van der Waals surface area (Å²) in [6, 6.07) is 0. The van der Waals surface area contributed by atoms with Crippen LogP contribution in [0.2, 0.25) is 0 Å². The maximum atomic E-state index is 10.7. The highest BCUT2D eigenvalue weighted by atomic mass is 79.9. The molecule has 0 fully saturated rings. The minimum Gasteiger partial charge on any atom is -0.414 e. The first-order valence-corrected chi connectivity index (χ1v) is 4.24. The van der Waals surface area contributed by atoms with Gasteiger partial charge in [0.2, 0.25) is 5.76 Å². The van der Waals surface area contributed by atoms with E-state index >= 15 is 0 Å². The number of esters is 1. The van der Waals surface area contributed by atoms with Crippen LogP contribution >= 0.6 is 31.9 Å². The van der Waals surface area contributed by atoms with Crippen LogP contribution in [0.4, 0.5) is 0 Å². The van der Waals surface area contributed by atoms with E-state index in [0.717, 1.165) is 0 Å². The fourth-order valence-corrected chi connectivity index (χ4v) is 1.03. The maximum Gasteiger partial charge on any atom is 0.352 e. The standard InChI is InChI=1S/C5HBr2NO4/c6-2-1-3(12-5(2)9)4(7)8(10)11/h1H. The monoisotopic (exact) mass is 297 g/mol. The van der Waals surface area contributed by atoms with E-state index in [1.807, 2.05) is 0 Å². The second kappa shape index (κ2) is 3.36. The van der Waals surface area contributed by atoms with Gasteiger partial charge in [0.1, 0.15) is 4.48 Å². The predicted molar refractivity (Wildman–Crippen MR) is 46.0 cm³/mol. The molecule has 0 amide bonds. The van der Waals surface area contributed by atoms with Gasteiger partial charge in [-0.25, -0.2) is 4.79 Å². The largest absolute Gasteiger partial charge is 0.414 e. The van der Waals surface area contributed by atoms with Gasteiger partial charge < -0.3 is 4.74 Å². The summed E-state index contributed by atoms with van der Waals surface area (Å²) < 4.78 is 4.30. The molecule has 12 heavy (non-hydrogen) atoms. The van der Waals surface area contributed by atoms with Gasteiger partial charge in [0.15, 0.2) is 0 Å². The van der Waals surface area contributed by atoms with E-state index in [1.165, 1.54) is 6.08 Å². The summed E-state index contributed by atoms with van der Waals surface area (Å²) in [5, 5.41) is 10.2. The molecule has 0 atom stereocenters. The smallest absolute Gasteiger partial charge is 0.352 e. The average Bonchev–Trinajstić information content (AvgIpc) is 2.30. The van der Waals surface area contributed by atoms with E-state index in [9.17, 15) is 14.9 Å². The van der Waals surface area contributed by atoms with E-state index < -0.39 is 10.9 Å². The summed E-state index contributed by atoms with van der Waals surface area (Å²) >= 11 is 5.53. The minimum absolute atomic E-state index is 0.100. The molecule has 1 aliphatic heterocycles. The van der Waals surface area contributed by atoms with Crippen molar-refractivity contribution in [2.45, 2.75) is 0 Å². The second-order valence-electron chi connectivity index (χ2n) is 1.79. The van der Waals surface area contributed by atoms with Gasteiger partial charge in [0, 0.05) is 22.0 Å². The van der Waals surface area contributed by atoms with E-state index in [-0.39, 0.29) is 14.8 Å². The highest BCUT2D eigenvalue weighted by Crippen LogP contribution is 2.26. The van der Waals surface area contributed by atoms with E-state index in [0.29, 0.717) is 0 Å². The van der Waals surface area contributed by atoms with Crippen LogP contribution in [-0.4, -0.2) is 10.9 Å². The molecule has 7 heteroatoms. The Kier molecular flexibility index (Phi) is 2.63. The number of cyclic esters (lactones) is 1. The van der Waals surface area contributed by atoms with Crippen molar-refractivity contribution in [2.75, 3.05) is 0 Å². The van der Waals surface area contributed by atoms with E-state index in [4.69, 9.17) is 0 Å². The summed E-state index contributed by atoms with van der Waals surface area (Å²) in [7, 11) is 0. The van der Waals surface area contributed by atoms with Gasteiger partial charge >= 0.3 is 10.6 Å². The quantitative estimate of drug-likeness (QED) is 0.319. The first kappa shape index (κ1) is 9.40. The highest BCUT2D eigenvalue weighted by Gasteiger charge is 2.26. The molecular formula is C5HBr2NO4. The summed E-state index contributed by atoms with van der Waals surface area (Å²) in [6.45, 7) is 0. The third kappa shape index (κ3) is 1.72. The lowest BCUT2D eigenvalue weighted by molar-refractivity contribution is -0.411. The van der Waals surface area contributed by atoms with E-state index in [1.54, 1.807) is 0 Å². The highest BCUT2D eigenvalue weighted by molar-refractivity contribution is 9.12. The molecule has 0 unspecified atom stereocenters. The third-order valence-corrected chi connectivity index (χ3v) is 2.25. The van der Waals surface area contributed by atoms with Crippen LogP contribution in [0, 0.1) is 10.1 Å². The van der Waals surface area contributed by atoms with Crippen molar-refractivity contribution in [3.8, 4) is 0 Å². The Bertz CT molecular complexity index is 319. The van der Waals surface area contributed by atoms with Gasteiger partial charge in [-0.15, -0.1) is 0 Å². The molecule has 0 N–H and O–H groups in total. The van der Waals surface area contributed by atoms with Crippen molar-refractivity contribution in [2.24, 2.45) is 0 Å². The lowest BCUT2D eigenvalue weighted by atomic mass is 10.5. The van der Waals surface area contributed by atoms with Crippen LogP contribution in [0.3, 0.4) is 0 Å². The molecule has 1 heterocycles. The minimum atomic E-state index is -0.690. The van der Waals surface area contributed by atoms with Crippen LogP contribution in [-0.2, 0) is 9.53 Å². The number of allylic oxidation sites excluding steroid dienone is 1. The molecule has 0 saturated heterocycles. The summed E-state index contributed by atoms with van der Waals surface area (Å²) in [5.41, 5.74) is 0. The third-order valence-electron chi connectivity index (χ3n) is 1.02. The van der Waals surface area contributed by atoms with Gasteiger partial charge in [0.05, 0.1) is 4.92 Å². The summed E-state index contributed by atoms with van der Waals surface area (Å²) in [5.74, 6) is -0.735. The molecule has 0 aromatic rings. The van der Waals surface area contributed by atoms with Crippen molar-refractivity contribution >= 4 is 37.8 Å². The lowest BCUT2D eigenvalue weighted by Crippen LogP contribution is -1.99. The van der Waals surface area contributed by atoms with Crippen LogP contribution < -0.4 is 0 Å². The Balaban J connectivity index is 3.03. The van der Waals surface area contributed by atoms with Crippen molar-refractivity contribution in [3.63, 3.8) is 0 Å². The number of nitro groups is 1. The first-order chi connectivity index (χ1) is 5.52. The van der Waals surface area contributed by atoms with E-state index in [2.05, 4.69) is 36.6 Å². The fraction of sp³-hybridized carbons (Fsp3) is 0. The molecule has 1 aliphatic rings. The average molecular weight is 299 g/mol. The van der Waals surface area contributed by atoms with Gasteiger partial charge in [-0.3, -0.25) is 10.1 Å². The zero-order valence-corrected chi connectivity index (χ0v) is 8.59. The Morgan fingerprint density at radius 3 is 2.58 bits per heavy atom. The Morgan fingerprint density at radius 1 is 1.67 bits per heavy atom. The normalized spacial score (nSPS) is 20.2. The molecule has 0 saturated carbocycles. The van der Waals surface area contributed by atoms with Crippen LogP contribution in [0.15, 0.2) is 20.9 Å². The zero-order valence-electron chi connectivity index (χ0n) is 5.41. The molecule has 0 aliphatic carbocycles. The molecule has 5 nitrogen and oxygen atoms in total. The van der Waals surface area contributed by atoms with Crippen LogP contribution in [0.1, 0.15) is 0 Å². The maximum absolute atomic E-state index is 10.7. The molecular weight excluding hydrogens is 298 g/mol. The second-order valence-corrected chi connectivity index (χ2v) is 3.40. The van der Waals surface area contributed by atoms with Gasteiger partial charge in [-0.2, -0.15) is 0 Å². The molecule has 64 valence electrons. The summed E-state index contributed by atoms with van der Waals surface area (Å²) in [4.78, 5) is 20.2. The lowest BCUT2D eigenvalue weighted by Gasteiger charge is -1.92. The predicted octanol–water partition coefficient (Wildman–Crippen LogP) is 1.66. The van der Waals surface area contributed by atoms with Crippen molar-refractivity contribution in [3.05, 3.63) is 31.0 Å². The Hall–Kier alpha value is -0.690. The summed E-state index contributed by atoms with van der Waals surface area (Å²) in [6.07, 6.45) is 1.23. The number of carbonyl (C=O) groups is 1. The topological polar surface area (TPSA) is 69.4 Å². The number of ether oxygens (including phenoxy) is 1. The molecule has 0 radical (unpaired) electrons. The zero-order chi connectivity index (χ0) is 9.30. The van der Waals surface area contributed by atoms with Gasteiger partial charge in [-0.05, 0) is 15.9 Å². The van der Waals surface area contributed by atoms with Crippen molar-refractivity contribution in [1.82, 2.24) is 0 Å². The molecule has 0 aromatic carbocycles. The molecule has 0 spiro atoms. The number of hydrogen-bond donors (Lipinski definition) is 0. The molecule has 1 rings (SSSR count). The number of halogens is 2.